The lowest BCUT2D eigenvalue weighted by Crippen LogP contribution is -2.16. The van der Waals surface area contributed by atoms with Crippen LogP contribution >= 0.6 is 15.9 Å². The Bertz CT molecular complexity index is 1000. The quantitative estimate of drug-likeness (QED) is 0.663. The van der Waals surface area contributed by atoms with Gasteiger partial charge in [0.25, 0.3) is 0 Å². The third-order valence-electron chi connectivity index (χ3n) is 3.40. The highest BCUT2D eigenvalue weighted by Gasteiger charge is 2.37. The number of aliphatic imine (C=N–C) groups is 1. The molecule has 136 valence electrons. The number of hydrogen-bond acceptors (Lipinski definition) is 4. The average Bonchev–Trinajstić information content (AvgIpc) is 2.91. The minimum atomic E-state index is -4.61. The number of allylic oxidation sites excluding steroid dienone is 2. The zero-order chi connectivity index (χ0) is 19.1. The number of fused-ring (bicyclic) bond motifs is 1. The molecular formula is C17H14BrF3N4O. The molecule has 0 bridgehead atoms. The molecule has 0 N–H and O–H groups in total. The van der Waals surface area contributed by atoms with Crippen LogP contribution < -0.4 is 4.74 Å². The summed E-state index contributed by atoms with van der Waals surface area (Å²) in [5, 5.41) is 8.23. The van der Waals surface area contributed by atoms with Gasteiger partial charge in [0.1, 0.15) is 16.8 Å². The standard InChI is InChI=1S/C17H14BrF3N4O/c1-16(2,3)9-25-11-6-7-12(13(18)14(11)23-24-25)26-15-10(17(19,20)21)5-4-8-22-15/h5-7H,9H2,1-3H3. The van der Waals surface area contributed by atoms with Crippen LogP contribution in [0, 0.1) is 5.41 Å². The van der Waals surface area contributed by atoms with Crippen LogP contribution in [-0.4, -0.2) is 27.0 Å². The van der Waals surface area contributed by atoms with E-state index in [9.17, 15) is 13.2 Å². The third kappa shape index (κ3) is 3.75. The maximum atomic E-state index is 13.1. The Balaban J connectivity index is 2.00. The molecule has 0 saturated heterocycles. The first-order chi connectivity index (χ1) is 12.1. The van der Waals surface area contributed by atoms with Crippen molar-refractivity contribution in [2.75, 3.05) is 0 Å². The highest BCUT2D eigenvalue weighted by atomic mass is 79.9. The average molecular weight is 427 g/mol. The molecule has 0 spiro atoms. The number of benzene rings is 1. The molecule has 3 rings (SSSR count). The summed E-state index contributed by atoms with van der Waals surface area (Å²) in [5.41, 5.74) is 2.39. The Kier molecular flexibility index (Phi) is 4.56. The molecule has 0 saturated carbocycles. The molecule has 1 aromatic heterocycles. The van der Waals surface area contributed by atoms with E-state index >= 15 is 0 Å². The van der Waals surface area contributed by atoms with E-state index in [2.05, 4.69) is 63.6 Å². The van der Waals surface area contributed by atoms with Gasteiger partial charge in [0.2, 0.25) is 5.88 Å². The molecule has 0 unspecified atom stereocenters. The Morgan fingerprint density at radius 3 is 2.62 bits per heavy atom. The van der Waals surface area contributed by atoms with Gasteiger partial charge < -0.3 is 4.74 Å². The summed E-state index contributed by atoms with van der Waals surface area (Å²) in [6.07, 6.45) is -3.87. The molecule has 2 aromatic rings. The lowest BCUT2D eigenvalue weighted by Gasteiger charge is -2.18. The van der Waals surface area contributed by atoms with E-state index in [0.717, 1.165) is 11.6 Å². The Morgan fingerprint density at radius 2 is 1.96 bits per heavy atom. The molecule has 2 heterocycles. The largest absolute Gasteiger partial charge is 0.436 e. The van der Waals surface area contributed by atoms with Gasteiger partial charge in [0, 0.05) is 18.5 Å². The monoisotopic (exact) mass is 426 g/mol. The van der Waals surface area contributed by atoms with Crippen molar-refractivity contribution < 1.29 is 17.9 Å². The van der Waals surface area contributed by atoms with Crippen molar-refractivity contribution in [2.45, 2.75) is 33.5 Å². The number of alkyl halides is 3. The number of halogens is 4. The van der Waals surface area contributed by atoms with E-state index in [1.54, 1.807) is 16.8 Å². The first-order valence-electron chi connectivity index (χ1n) is 7.62. The van der Waals surface area contributed by atoms with Gasteiger partial charge in [-0.25, -0.2) is 4.68 Å². The van der Waals surface area contributed by atoms with E-state index in [-0.39, 0.29) is 11.2 Å². The van der Waals surface area contributed by atoms with Crippen molar-refractivity contribution in [3.05, 3.63) is 39.9 Å². The van der Waals surface area contributed by atoms with Gasteiger partial charge in [-0.1, -0.05) is 26.0 Å². The second kappa shape index (κ2) is 6.43. The van der Waals surface area contributed by atoms with Crippen LogP contribution in [-0.2, 0) is 6.54 Å². The summed E-state index contributed by atoms with van der Waals surface area (Å²) >= 11 is 3.34. The number of nitrogens with zero attached hydrogens (tertiary/aromatic N) is 4. The predicted molar refractivity (Wildman–Crippen MR) is 93.9 cm³/mol. The summed E-state index contributed by atoms with van der Waals surface area (Å²) in [6, 6.07) is 3.25. The van der Waals surface area contributed by atoms with E-state index in [1.165, 1.54) is 0 Å². The fourth-order valence-electron chi connectivity index (χ4n) is 2.33. The molecule has 0 radical (unpaired) electrons. The summed E-state index contributed by atoms with van der Waals surface area (Å²) < 4.78 is 46.7. The maximum absolute atomic E-state index is 13.1. The van der Waals surface area contributed by atoms with E-state index < -0.39 is 17.6 Å². The zero-order valence-electron chi connectivity index (χ0n) is 14.1. The summed E-state index contributed by atoms with van der Waals surface area (Å²) in [7, 11) is 0. The van der Waals surface area contributed by atoms with Crippen molar-refractivity contribution in [2.24, 2.45) is 10.4 Å². The highest BCUT2D eigenvalue weighted by molar-refractivity contribution is 9.10. The molecule has 0 aliphatic carbocycles. The molecule has 26 heavy (non-hydrogen) atoms. The molecular weight excluding hydrogens is 413 g/mol. The van der Waals surface area contributed by atoms with Crippen molar-refractivity contribution in [3.63, 3.8) is 0 Å². The van der Waals surface area contributed by atoms with Gasteiger partial charge in [0.15, 0.2) is 0 Å². The molecule has 0 amide bonds. The van der Waals surface area contributed by atoms with Crippen LogP contribution in [0.15, 0.2) is 44.9 Å². The molecule has 1 aliphatic heterocycles. The second-order valence-corrected chi connectivity index (χ2v) is 7.68. The highest BCUT2D eigenvalue weighted by Crippen LogP contribution is 2.36. The van der Waals surface area contributed by atoms with Crippen LogP contribution in [0.1, 0.15) is 20.8 Å². The van der Waals surface area contributed by atoms with Crippen LogP contribution in [0.4, 0.5) is 13.2 Å². The minimum absolute atomic E-state index is 0.00974. The smallest absolute Gasteiger partial charge is 0.422 e. The fourth-order valence-corrected chi connectivity index (χ4v) is 2.82. The van der Waals surface area contributed by atoms with E-state index in [4.69, 9.17) is 4.74 Å². The topological polar surface area (TPSA) is 52.3 Å². The van der Waals surface area contributed by atoms with Crippen LogP contribution in [0.25, 0.3) is 11.0 Å². The fraction of sp³-hybridized carbons (Fsp3) is 0.353. The van der Waals surface area contributed by atoms with Gasteiger partial charge in [-0.05, 0) is 39.2 Å². The predicted octanol–water partition coefficient (Wildman–Crippen LogP) is 4.79. The zero-order valence-corrected chi connectivity index (χ0v) is 15.7. The first kappa shape index (κ1) is 18.5. The maximum Gasteiger partial charge on any atom is 0.422 e. The summed E-state index contributed by atoms with van der Waals surface area (Å²) in [5.74, 6) is 1.78. The normalized spacial score (nSPS) is 14.6. The molecule has 1 aromatic carbocycles. The Hall–Kier alpha value is -2.34. The van der Waals surface area contributed by atoms with Crippen LogP contribution in [0.2, 0.25) is 0 Å². The first-order valence-corrected chi connectivity index (χ1v) is 8.41. The lowest BCUT2D eigenvalue weighted by molar-refractivity contribution is -0.0906. The summed E-state index contributed by atoms with van der Waals surface area (Å²) in [4.78, 5) is 3.53. The SMILES string of the molecule is CC(C)(C)Cn1nnc2c(Br)c(OC3=C(C(F)(F)F)C=C=C=N3)ccc21. The lowest BCUT2D eigenvalue weighted by atomic mass is 9.97. The molecule has 0 atom stereocenters. The second-order valence-electron chi connectivity index (χ2n) is 6.88. The number of aromatic nitrogens is 3. The minimum Gasteiger partial charge on any atom is -0.436 e. The number of hydrogen-bond donors (Lipinski definition) is 0. The van der Waals surface area contributed by atoms with Crippen molar-refractivity contribution in [3.8, 4) is 5.75 Å². The van der Waals surface area contributed by atoms with Gasteiger partial charge >= 0.3 is 6.18 Å². The molecule has 9 heteroatoms. The number of ether oxygens (including phenoxy) is 1. The van der Waals surface area contributed by atoms with Gasteiger partial charge in [0.05, 0.1) is 9.99 Å². The van der Waals surface area contributed by atoms with E-state index in [1.807, 2.05) is 0 Å². The van der Waals surface area contributed by atoms with Crippen molar-refractivity contribution in [1.82, 2.24) is 15.0 Å². The number of rotatable bonds is 3. The van der Waals surface area contributed by atoms with Gasteiger partial charge in [-0.15, -0.1) is 5.10 Å². The van der Waals surface area contributed by atoms with Gasteiger partial charge in [-0.3, -0.25) is 0 Å². The molecule has 0 fully saturated rings. The molecule has 5 nitrogen and oxygen atoms in total. The van der Waals surface area contributed by atoms with E-state index in [0.29, 0.717) is 16.5 Å². The van der Waals surface area contributed by atoms with Crippen molar-refractivity contribution >= 4 is 32.8 Å². The van der Waals surface area contributed by atoms with Crippen LogP contribution in [0.3, 0.4) is 0 Å². The van der Waals surface area contributed by atoms with Crippen molar-refractivity contribution in [1.29, 1.82) is 0 Å². The molecule has 1 aliphatic rings. The third-order valence-corrected chi connectivity index (χ3v) is 4.16. The van der Waals surface area contributed by atoms with Crippen LogP contribution in [0.5, 0.6) is 5.75 Å². The van der Waals surface area contributed by atoms with Gasteiger partial charge in [-0.2, -0.15) is 18.2 Å². The Morgan fingerprint density at radius 1 is 1.23 bits per heavy atom. The Labute approximate surface area is 155 Å². The summed E-state index contributed by atoms with van der Waals surface area (Å²) in [6.45, 7) is 6.85.